The van der Waals surface area contributed by atoms with Crippen molar-refractivity contribution in [2.75, 3.05) is 0 Å². The minimum atomic E-state index is 0.250. The van der Waals surface area contributed by atoms with Crippen LogP contribution in [0.4, 0.5) is 0 Å². The third kappa shape index (κ3) is 3.68. The maximum Gasteiger partial charge on any atom is 0.133 e. The SMILES string of the molecule is CC(=O)[C@H]1CCC2C3CC=C4C[C@@H](OCc5ccc(Br)cc5)CC[C@]4(C)C3CC[C@@]21C. The molecule has 0 amide bonds. The summed E-state index contributed by atoms with van der Waals surface area (Å²) in [6.45, 7) is 7.54. The van der Waals surface area contributed by atoms with Crippen LogP contribution in [0.25, 0.3) is 0 Å². The molecule has 3 unspecified atom stereocenters. The molecule has 0 N–H and O–H groups in total. The second-order valence-corrected chi connectivity index (χ2v) is 12.3. The fourth-order valence-corrected chi connectivity index (χ4v) is 8.50. The lowest BCUT2D eigenvalue weighted by molar-refractivity contribution is -0.127. The number of ether oxygens (including phenoxy) is 1. The van der Waals surface area contributed by atoms with Crippen molar-refractivity contribution < 1.29 is 9.53 Å². The van der Waals surface area contributed by atoms with Crippen LogP contribution in [0.5, 0.6) is 0 Å². The Labute approximate surface area is 196 Å². The summed E-state index contributed by atoms with van der Waals surface area (Å²) in [5.41, 5.74) is 3.52. The highest BCUT2D eigenvalue weighted by Crippen LogP contribution is 2.66. The van der Waals surface area contributed by atoms with Crippen molar-refractivity contribution in [2.45, 2.75) is 84.8 Å². The lowest BCUT2D eigenvalue weighted by Crippen LogP contribution is -2.51. The van der Waals surface area contributed by atoms with Crippen LogP contribution in [0.1, 0.15) is 77.7 Å². The van der Waals surface area contributed by atoms with E-state index in [1.165, 1.54) is 44.1 Å². The van der Waals surface area contributed by atoms with Gasteiger partial charge in [-0.3, -0.25) is 4.79 Å². The van der Waals surface area contributed by atoms with E-state index in [0.717, 1.165) is 35.1 Å². The number of Topliss-reactive ketones (excluding diaryl/α,β-unsaturated/α-hetero) is 1. The Morgan fingerprint density at radius 2 is 1.84 bits per heavy atom. The summed E-state index contributed by atoms with van der Waals surface area (Å²) in [5.74, 6) is 3.05. The highest BCUT2D eigenvalue weighted by Gasteiger charge is 2.59. The predicted octanol–water partition coefficient (Wildman–Crippen LogP) is 7.50. The molecule has 0 spiro atoms. The van der Waals surface area contributed by atoms with E-state index in [-0.39, 0.29) is 5.41 Å². The van der Waals surface area contributed by atoms with Gasteiger partial charge in [0.25, 0.3) is 0 Å². The molecule has 4 aliphatic rings. The van der Waals surface area contributed by atoms with Crippen LogP contribution >= 0.6 is 15.9 Å². The normalized spacial score (nSPS) is 41.7. The second-order valence-electron chi connectivity index (χ2n) is 11.3. The van der Waals surface area contributed by atoms with Crippen LogP contribution in [0, 0.1) is 34.5 Å². The minimum Gasteiger partial charge on any atom is -0.373 e. The van der Waals surface area contributed by atoms with E-state index in [1.54, 1.807) is 5.57 Å². The van der Waals surface area contributed by atoms with Gasteiger partial charge < -0.3 is 4.74 Å². The van der Waals surface area contributed by atoms with Crippen LogP contribution in [0.2, 0.25) is 0 Å². The predicted molar refractivity (Wildman–Crippen MR) is 129 cm³/mol. The Bertz CT molecular complexity index is 874. The number of carbonyl (C=O) groups is 1. The van der Waals surface area contributed by atoms with Gasteiger partial charge in [-0.1, -0.05) is 53.6 Å². The van der Waals surface area contributed by atoms with Crippen LogP contribution in [-0.2, 0) is 16.1 Å². The molecule has 1 aromatic carbocycles. The van der Waals surface area contributed by atoms with Gasteiger partial charge in [-0.2, -0.15) is 0 Å². The van der Waals surface area contributed by atoms with Gasteiger partial charge in [0.2, 0.25) is 0 Å². The van der Waals surface area contributed by atoms with E-state index in [0.29, 0.717) is 29.8 Å². The molecule has 0 aromatic heterocycles. The molecule has 4 aliphatic carbocycles. The number of allylic oxidation sites excluding steroid dienone is 1. The first-order valence-corrected chi connectivity index (χ1v) is 13.2. The maximum atomic E-state index is 12.3. The Kier molecular flexibility index (Phi) is 5.74. The zero-order valence-corrected chi connectivity index (χ0v) is 20.9. The largest absolute Gasteiger partial charge is 0.373 e. The van der Waals surface area contributed by atoms with Crippen molar-refractivity contribution in [2.24, 2.45) is 34.5 Å². The highest BCUT2D eigenvalue weighted by atomic mass is 79.9. The van der Waals surface area contributed by atoms with E-state index in [9.17, 15) is 4.79 Å². The first-order chi connectivity index (χ1) is 14.8. The Balaban J connectivity index is 1.29. The first kappa shape index (κ1) is 21.9. The van der Waals surface area contributed by atoms with Crippen molar-refractivity contribution in [3.8, 4) is 0 Å². The number of rotatable bonds is 4. The van der Waals surface area contributed by atoms with Gasteiger partial charge in [0.1, 0.15) is 5.78 Å². The molecule has 7 atom stereocenters. The first-order valence-electron chi connectivity index (χ1n) is 12.4. The Morgan fingerprint density at radius 3 is 2.58 bits per heavy atom. The average Bonchev–Trinajstić information content (AvgIpc) is 3.11. The van der Waals surface area contributed by atoms with E-state index in [4.69, 9.17) is 4.74 Å². The number of hydrogen-bond acceptors (Lipinski definition) is 2. The molecule has 168 valence electrons. The molecule has 31 heavy (non-hydrogen) atoms. The highest BCUT2D eigenvalue weighted by molar-refractivity contribution is 9.10. The Morgan fingerprint density at radius 1 is 1.06 bits per heavy atom. The number of halogens is 1. The van der Waals surface area contributed by atoms with Gasteiger partial charge in [0, 0.05) is 10.4 Å². The number of benzene rings is 1. The molecule has 2 nitrogen and oxygen atoms in total. The zero-order chi connectivity index (χ0) is 21.8. The molecule has 0 saturated heterocycles. The van der Waals surface area contributed by atoms with E-state index in [1.807, 2.05) is 6.92 Å². The number of hydrogen-bond donors (Lipinski definition) is 0. The van der Waals surface area contributed by atoms with Gasteiger partial charge in [0.05, 0.1) is 12.7 Å². The lowest BCUT2D eigenvalue weighted by atomic mass is 9.47. The standard InChI is InChI=1S/C28H37BrO2/c1-18(30)24-10-11-25-23-9-6-20-16-22(31-17-19-4-7-21(29)8-5-19)12-14-27(20,2)26(23)13-15-28(24,25)3/h4-8,22-26H,9-17H2,1-3H3/t22-,23?,24+,25?,26?,27-,28+/m0/s1. The van der Waals surface area contributed by atoms with E-state index in [2.05, 4.69) is 60.1 Å². The molecule has 3 heteroatoms. The number of ketones is 1. The fourth-order valence-electron chi connectivity index (χ4n) is 8.23. The maximum absolute atomic E-state index is 12.3. The van der Waals surface area contributed by atoms with Crippen LogP contribution in [0.15, 0.2) is 40.4 Å². The Hall–Kier alpha value is -0.930. The van der Waals surface area contributed by atoms with Gasteiger partial charge in [-0.15, -0.1) is 0 Å². The van der Waals surface area contributed by atoms with Crippen molar-refractivity contribution in [1.29, 1.82) is 0 Å². The van der Waals surface area contributed by atoms with Crippen LogP contribution in [0.3, 0.4) is 0 Å². The third-order valence-corrected chi connectivity index (χ3v) is 10.5. The van der Waals surface area contributed by atoms with Gasteiger partial charge in [0.15, 0.2) is 0 Å². The molecule has 3 saturated carbocycles. The smallest absolute Gasteiger partial charge is 0.133 e. The topological polar surface area (TPSA) is 26.3 Å². The second kappa shape index (κ2) is 8.13. The number of carbonyl (C=O) groups excluding carboxylic acids is 1. The summed E-state index contributed by atoms with van der Waals surface area (Å²) < 4.78 is 7.49. The monoisotopic (exact) mass is 484 g/mol. The van der Waals surface area contributed by atoms with Gasteiger partial charge in [-0.05, 0) is 105 Å². The molecule has 0 radical (unpaired) electrons. The minimum absolute atomic E-state index is 0.250. The van der Waals surface area contributed by atoms with E-state index < -0.39 is 0 Å². The van der Waals surface area contributed by atoms with Crippen molar-refractivity contribution in [3.05, 3.63) is 46.0 Å². The fraction of sp³-hybridized carbons (Fsp3) is 0.679. The van der Waals surface area contributed by atoms with Crippen LogP contribution in [-0.4, -0.2) is 11.9 Å². The molecular weight excluding hydrogens is 448 g/mol. The summed E-state index contributed by atoms with van der Waals surface area (Å²) in [6.07, 6.45) is 12.6. The molecule has 5 rings (SSSR count). The summed E-state index contributed by atoms with van der Waals surface area (Å²) in [4.78, 5) is 12.3. The molecule has 0 bridgehead atoms. The van der Waals surface area contributed by atoms with Gasteiger partial charge in [-0.25, -0.2) is 0 Å². The summed E-state index contributed by atoms with van der Waals surface area (Å²) in [6, 6.07) is 8.49. The summed E-state index contributed by atoms with van der Waals surface area (Å²) in [5, 5.41) is 0. The number of fused-ring (bicyclic) bond motifs is 5. The molecule has 3 fully saturated rings. The zero-order valence-electron chi connectivity index (χ0n) is 19.3. The van der Waals surface area contributed by atoms with Gasteiger partial charge >= 0.3 is 0 Å². The molecule has 1 aromatic rings. The third-order valence-electron chi connectivity index (χ3n) is 9.95. The summed E-state index contributed by atoms with van der Waals surface area (Å²) in [7, 11) is 0. The molecule has 0 aliphatic heterocycles. The van der Waals surface area contributed by atoms with Crippen molar-refractivity contribution in [1.82, 2.24) is 0 Å². The van der Waals surface area contributed by atoms with Crippen molar-refractivity contribution in [3.63, 3.8) is 0 Å². The van der Waals surface area contributed by atoms with Crippen molar-refractivity contribution >= 4 is 21.7 Å². The summed E-state index contributed by atoms with van der Waals surface area (Å²) >= 11 is 3.51. The van der Waals surface area contributed by atoms with Crippen LogP contribution < -0.4 is 0 Å². The quantitative estimate of drug-likeness (QED) is 0.413. The molecular formula is C28H37BrO2. The lowest BCUT2D eigenvalue weighted by Gasteiger charge is -2.58. The van der Waals surface area contributed by atoms with E-state index >= 15 is 0 Å². The molecule has 0 heterocycles. The average molecular weight is 486 g/mol.